The number of unbranched alkanes of at least 4 members (excludes halogenated alkanes) is 3. The van der Waals surface area contributed by atoms with Crippen LogP contribution >= 0.6 is 11.6 Å². The number of hydrogen-bond donors (Lipinski definition) is 0. The van der Waals surface area contributed by atoms with Gasteiger partial charge in [-0.25, -0.2) is 0 Å². The predicted octanol–water partition coefficient (Wildman–Crippen LogP) is 5.57. The van der Waals surface area contributed by atoms with Crippen LogP contribution in [0.4, 0.5) is 0 Å². The van der Waals surface area contributed by atoms with Crippen LogP contribution in [0.2, 0.25) is 0 Å². The van der Waals surface area contributed by atoms with Crippen molar-refractivity contribution < 1.29 is 0 Å². The van der Waals surface area contributed by atoms with Crippen LogP contribution in [0.1, 0.15) is 56.9 Å². The zero-order valence-electron chi connectivity index (χ0n) is 10.5. The molecule has 1 aromatic rings. The monoisotopic (exact) mass is 238 g/mol. The molecule has 2 atom stereocenters. The summed E-state index contributed by atoms with van der Waals surface area (Å²) in [5.41, 5.74) is 1.26. The molecule has 0 amide bonds. The van der Waals surface area contributed by atoms with Crippen molar-refractivity contribution in [1.82, 2.24) is 0 Å². The highest BCUT2D eigenvalue weighted by Gasteiger charge is 2.15. The van der Waals surface area contributed by atoms with Gasteiger partial charge < -0.3 is 0 Å². The molecule has 0 heterocycles. The number of alkyl halides is 1. The quantitative estimate of drug-likeness (QED) is 0.430. The minimum absolute atomic E-state index is 0.169. The Kier molecular flexibility index (Phi) is 6.56. The Labute approximate surface area is 105 Å². The lowest BCUT2D eigenvalue weighted by atomic mass is 9.95. The lowest BCUT2D eigenvalue weighted by Crippen LogP contribution is -2.03. The van der Waals surface area contributed by atoms with Gasteiger partial charge in [-0.15, -0.1) is 11.6 Å². The minimum atomic E-state index is 0.169. The molecule has 0 aliphatic carbocycles. The summed E-state index contributed by atoms with van der Waals surface area (Å²) in [7, 11) is 0. The van der Waals surface area contributed by atoms with Crippen LogP contribution in [0.3, 0.4) is 0 Å². The van der Waals surface area contributed by atoms with Crippen molar-refractivity contribution >= 4 is 11.6 Å². The van der Waals surface area contributed by atoms with Gasteiger partial charge in [-0.1, -0.05) is 69.9 Å². The first-order chi connectivity index (χ1) is 7.75. The first-order valence-corrected chi connectivity index (χ1v) is 6.88. The van der Waals surface area contributed by atoms with Crippen LogP contribution in [0.5, 0.6) is 0 Å². The van der Waals surface area contributed by atoms with Crippen molar-refractivity contribution in [2.75, 3.05) is 0 Å². The highest BCUT2D eigenvalue weighted by atomic mass is 35.5. The van der Waals surface area contributed by atoms with E-state index in [-0.39, 0.29) is 5.38 Å². The van der Waals surface area contributed by atoms with Gasteiger partial charge in [-0.2, -0.15) is 0 Å². The second kappa shape index (κ2) is 7.73. The fourth-order valence-electron chi connectivity index (χ4n) is 2.00. The summed E-state index contributed by atoms with van der Waals surface area (Å²) < 4.78 is 0. The molecule has 0 radical (unpaired) electrons. The van der Waals surface area contributed by atoms with E-state index in [4.69, 9.17) is 11.6 Å². The van der Waals surface area contributed by atoms with Crippen molar-refractivity contribution in [3.05, 3.63) is 35.9 Å². The molecule has 0 N–H and O–H groups in total. The maximum atomic E-state index is 6.47. The molecule has 1 heteroatoms. The topological polar surface area (TPSA) is 0 Å². The van der Waals surface area contributed by atoms with E-state index in [2.05, 4.69) is 38.1 Å². The molecule has 2 unspecified atom stereocenters. The van der Waals surface area contributed by atoms with E-state index in [1.54, 1.807) is 0 Å². The number of halogens is 1. The Balaban J connectivity index is 2.33. The smallest absolute Gasteiger partial charge is 0.0610 e. The second-order valence-corrected chi connectivity index (χ2v) is 5.11. The molecule has 1 aromatic carbocycles. The molecule has 0 aliphatic heterocycles. The molecule has 90 valence electrons. The largest absolute Gasteiger partial charge is 0.118 e. The second-order valence-electron chi connectivity index (χ2n) is 4.64. The summed E-state index contributed by atoms with van der Waals surface area (Å²) in [6, 6.07) is 10.4. The van der Waals surface area contributed by atoms with Crippen molar-refractivity contribution in [3.63, 3.8) is 0 Å². The maximum Gasteiger partial charge on any atom is 0.0610 e. The Bertz CT molecular complexity index is 268. The molecule has 0 spiro atoms. The van der Waals surface area contributed by atoms with Crippen LogP contribution in [0.15, 0.2) is 30.3 Å². The summed E-state index contributed by atoms with van der Waals surface area (Å²) in [6.45, 7) is 4.51. The highest BCUT2D eigenvalue weighted by molar-refractivity contribution is 6.20. The van der Waals surface area contributed by atoms with Crippen molar-refractivity contribution in [2.24, 2.45) is 5.92 Å². The molecule has 0 saturated carbocycles. The highest BCUT2D eigenvalue weighted by Crippen LogP contribution is 2.31. The van der Waals surface area contributed by atoms with Crippen LogP contribution in [-0.4, -0.2) is 0 Å². The molecule has 0 nitrogen and oxygen atoms in total. The van der Waals surface area contributed by atoms with Crippen LogP contribution < -0.4 is 0 Å². The van der Waals surface area contributed by atoms with E-state index in [1.165, 1.54) is 37.7 Å². The summed E-state index contributed by atoms with van der Waals surface area (Å²) in [6.07, 6.45) is 6.55. The summed E-state index contributed by atoms with van der Waals surface area (Å²) >= 11 is 6.47. The standard InChI is InChI=1S/C15H23Cl/c1-3-4-5-7-10-13(2)15(16)14-11-8-6-9-12-14/h6,8-9,11-13,15H,3-5,7,10H2,1-2H3. The zero-order valence-corrected chi connectivity index (χ0v) is 11.2. The van der Waals surface area contributed by atoms with E-state index in [9.17, 15) is 0 Å². The van der Waals surface area contributed by atoms with Crippen molar-refractivity contribution in [2.45, 2.75) is 51.3 Å². The van der Waals surface area contributed by atoms with Crippen LogP contribution in [0.25, 0.3) is 0 Å². The lowest BCUT2D eigenvalue weighted by Gasteiger charge is -2.18. The maximum absolute atomic E-state index is 6.47. The van der Waals surface area contributed by atoms with Crippen LogP contribution in [-0.2, 0) is 0 Å². The Hall–Kier alpha value is -0.490. The number of hydrogen-bond acceptors (Lipinski definition) is 0. The lowest BCUT2D eigenvalue weighted by molar-refractivity contribution is 0.476. The molecule has 1 rings (SSSR count). The van der Waals surface area contributed by atoms with Gasteiger partial charge in [0.15, 0.2) is 0 Å². The summed E-state index contributed by atoms with van der Waals surface area (Å²) in [5.74, 6) is 0.570. The average molecular weight is 239 g/mol. The zero-order chi connectivity index (χ0) is 11.8. The normalized spacial score (nSPS) is 14.7. The molecule has 0 aliphatic rings. The first kappa shape index (κ1) is 13.6. The van der Waals surface area contributed by atoms with Gasteiger partial charge in [0.1, 0.15) is 0 Å². The average Bonchev–Trinajstić information content (AvgIpc) is 2.34. The predicted molar refractivity (Wildman–Crippen MR) is 73.0 cm³/mol. The molecule has 16 heavy (non-hydrogen) atoms. The summed E-state index contributed by atoms with van der Waals surface area (Å²) in [5, 5.41) is 0.169. The number of rotatable bonds is 7. The molecular weight excluding hydrogens is 216 g/mol. The van der Waals surface area contributed by atoms with E-state index in [0.717, 1.165) is 0 Å². The van der Waals surface area contributed by atoms with Gasteiger partial charge in [0, 0.05) is 0 Å². The Morgan fingerprint density at radius 1 is 1.06 bits per heavy atom. The summed E-state index contributed by atoms with van der Waals surface area (Å²) in [4.78, 5) is 0. The molecular formula is C15H23Cl. The first-order valence-electron chi connectivity index (χ1n) is 6.44. The fraction of sp³-hybridized carbons (Fsp3) is 0.600. The SMILES string of the molecule is CCCCCCC(C)C(Cl)c1ccccc1. The van der Waals surface area contributed by atoms with Crippen LogP contribution in [0, 0.1) is 5.92 Å². The Morgan fingerprint density at radius 2 is 1.75 bits per heavy atom. The third kappa shape index (κ3) is 4.57. The number of benzene rings is 1. The van der Waals surface area contributed by atoms with Crippen molar-refractivity contribution in [3.8, 4) is 0 Å². The van der Waals surface area contributed by atoms with Gasteiger partial charge in [0.25, 0.3) is 0 Å². The fourth-order valence-corrected chi connectivity index (χ4v) is 2.28. The third-order valence-electron chi connectivity index (χ3n) is 3.13. The van der Waals surface area contributed by atoms with Gasteiger partial charge in [-0.05, 0) is 17.9 Å². The molecule has 0 fully saturated rings. The Morgan fingerprint density at radius 3 is 2.38 bits per heavy atom. The van der Waals surface area contributed by atoms with Crippen molar-refractivity contribution in [1.29, 1.82) is 0 Å². The molecule has 0 saturated heterocycles. The minimum Gasteiger partial charge on any atom is -0.118 e. The van der Waals surface area contributed by atoms with E-state index >= 15 is 0 Å². The van der Waals surface area contributed by atoms with Gasteiger partial charge in [0.05, 0.1) is 5.38 Å². The van der Waals surface area contributed by atoms with Gasteiger partial charge >= 0.3 is 0 Å². The molecule has 0 aromatic heterocycles. The van der Waals surface area contributed by atoms with Gasteiger partial charge in [-0.3, -0.25) is 0 Å². The van der Waals surface area contributed by atoms with E-state index in [0.29, 0.717) is 5.92 Å². The third-order valence-corrected chi connectivity index (χ3v) is 3.81. The van der Waals surface area contributed by atoms with Gasteiger partial charge in [0.2, 0.25) is 0 Å². The van der Waals surface area contributed by atoms with E-state index in [1.807, 2.05) is 6.07 Å². The van der Waals surface area contributed by atoms with E-state index < -0.39 is 0 Å². The molecule has 0 bridgehead atoms.